The molecule has 66 valence electrons. The Balaban J connectivity index is 2.46. The highest BCUT2D eigenvalue weighted by atomic mass is 32.2. The minimum atomic E-state index is -1.93. The van der Waals surface area contributed by atoms with Crippen LogP contribution in [0.1, 0.15) is 13.8 Å². The smallest absolute Gasteiger partial charge is 0.185 e. The first kappa shape index (κ1) is 9.12. The topological polar surface area (TPSA) is 55.8 Å². The Bertz CT molecular complexity index is 161. The van der Waals surface area contributed by atoms with Crippen LogP contribution in [0.2, 0.25) is 0 Å². The van der Waals surface area contributed by atoms with Gasteiger partial charge >= 0.3 is 0 Å². The first-order chi connectivity index (χ1) is 5.11. The average molecular weight is 180 g/mol. The summed E-state index contributed by atoms with van der Waals surface area (Å²) in [5.74, 6) is 0. The molecule has 0 radical (unpaired) electrons. The molecule has 1 fully saturated rings. The lowest BCUT2D eigenvalue weighted by Crippen LogP contribution is -2.42. The molecule has 1 aliphatic heterocycles. The summed E-state index contributed by atoms with van der Waals surface area (Å²) in [5, 5.41) is 0. The molecular formula is C6H12O4S. The Kier molecular flexibility index (Phi) is 3.00. The molecule has 4 atom stereocenters. The maximum absolute atomic E-state index is 10.5. The van der Waals surface area contributed by atoms with Crippen molar-refractivity contribution in [1.82, 2.24) is 0 Å². The van der Waals surface area contributed by atoms with Crippen LogP contribution < -0.4 is 0 Å². The van der Waals surface area contributed by atoms with E-state index in [2.05, 4.69) is 0 Å². The Morgan fingerprint density at radius 2 is 2.09 bits per heavy atom. The minimum Gasteiger partial charge on any atom is -0.372 e. The molecule has 11 heavy (non-hydrogen) atoms. The molecule has 1 rings (SSSR count). The van der Waals surface area contributed by atoms with Crippen LogP contribution in [0.15, 0.2) is 0 Å². The third-order valence-corrected chi connectivity index (χ3v) is 2.44. The van der Waals surface area contributed by atoms with Crippen molar-refractivity contribution in [2.24, 2.45) is 0 Å². The van der Waals surface area contributed by atoms with Gasteiger partial charge in [-0.05, 0) is 13.8 Å². The molecule has 1 saturated heterocycles. The molecule has 0 aliphatic carbocycles. The van der Waals surface area contributed by atoms with Gasteiger partial charge in [-0.1, -0.05) is 0 Å². The van der Waals surface area contributed by atoms with Gasteiger partial charge in [-0.3, -0.25) is 0 Å². The third kappa shape index (κ3) is 2.23. The highest BCUT2D eigenvalue weighted by molar-refractivity contribution is 7.79. The largest absolute Gasteiger partial charge is 0.372 e. The standard InChI is InChI=1S/C6H12O4S/c1-4-5(2)10-6(3-9-4)11(7)8/h4-6H,3H2,1-2H3,(H,7,8). The fourth-order valence-corrected chi connectivity index (χ4v) is 1.33. The third-order valence-electron chi connectivity index (χ3n) is 1.75. The first-order valence-electron chi connectivity index (χ1n) is 3.48. The van der Waals surface area contributed by atoms with E-state index in [1.165, 1.54) is 0 Å². The van der Waals surface area contributed by atoms with Gasteiger partial charge in [0.15, 0.2) is 16.5 Å². The van der Waals surface area contributed by atoms with Crippen molar-refractivity contribution >= 4 is 11.1 Å². The second-order valence-corrected chi connectivity index (χ2v) is 3.66. The number of rotatable bonds is 1. The molecule has 0 aromatic heterocycles. The molecule has 1 N–H and O–H groups in total. The van der Waals surface area contributed by atoms with E-state index in [-0.39, 0.29) is 18.8 Å². The van der Waals surface area contributed by atoms with Crippen LogP contribution in [-0.4, -0.2) is 33.0 Å². The van der Waals surface area contributed by atoms with Gasteiger partial charge in [-0.25, -0.2) is 4.21 Å². The lowest BCUT2D eigenvalue weighted by Gasteiger charge is -2.30. The van der Waals surface area contributed by atoms with E-state index < -0.39 is 16.5 Å². The van der Waals surface area contributed by atoms with Gasteiger partial charge in [-0.15, -0.1) is 0 Å². The molecule has 4 unspecified atom stereocenters. The summed E-state index contributed by atoms with van der Waals surface area (Å²) in [6, 6.07) is 0. The zero-order valence-electron chi connectivity index (χ0n) is 6.52. The van der Waals surface area contributed by atoms with Crippen LogP contribution in [0, 0.1) is 0 Å². The first-order valence-corrected chi connectivity index (χ1v) is 4.65. The molecule has 4 nitrogen and oxygen atoms in total. The lowest BCUT2D eigenvalue weighted by atomic mass is 10.2. The van der Waals surface area contributed by atoms with Crippen LogP contribution in [0.25, 0.3) is 0 Å². The summed E-state index contributed by atoms with van der Waals surface area (Å²) >= 11 is -1.93. The Labute approximate surface area is 68.2 Å². The average Bonchev–Trinajstić information content (AvgIpc) is 1.94. The molecule has 0 saturated carbocycles. The molecule has 1 heterocycles. The molecule has 0 aromatic carbocycles. The van der Waals surface area contributed by atoms with Gasteiger partial charge in [0.1, 0.15) is 0 Å². The Morgan fingerprint density at radius 3 is 2.55 bits per heavy atom. The molecule has 5 heteroatoms. The van der Waals surface area contributed by atoms with E-state index in [0.29, 0.717) is 0 Å². The predicted octanol–water partition coefficient (Wildman–Crippen LogP) is 0.358. The fourth-order valence-electron chi connectivity index (χ4n) is 0.861. The number of hydrogen-bond donors (Lipinski definition) is 1. The van der Waals surface area contributed by atoms with Crippen molar-refractivity contribution in [3.63, 3.8) is 0 Å². The van der Waals surface area contributed by atoms with Crippen molar-refractivity contribution < 1.29 is 18.2 Å². The SMILES string of the molecule is CC1OCC(S(=O)O)OC1C. The van der Waals surface area contributed by atoms with Gasteiger partial charge in [0.2, 0.25) is 0 Å². The Hall–Kier alpha value is 0.0300. The van der Waals surface area contributed by atoms with Crippen LogP contribution in [-0.2, 0) is 20.6 Å². The monoisotopic (exact) mass is 180 g/mol. The molecule has 0 amide bonds. The van der Waals surface area contributed by atoms with Crippen molar-refractivity contribution in [3.8, 4) is 0 Å². The fraction of sp³-hybridized carbons (Fsp3) is 1.00. The summed E-state index contributed by atoms with van der Waals surface area (Å²) in [6.45, 7) is 3.90. The van der Waals surface area contributed by atoms with Crippen molar-refractivity contribution in [1.29, 1.82) is 0 Å². The van der Waals surface area contributed by atoms with Crippen LogP contribution in [0.4, 0.5) is 0 Å². The molecule has 0 aromatic rings. The molecule has 0 bridgehead atoms. The summed E-state index contributed by atoms with van der Waals surface area (Å²) < 4.78 is 29.5. The van der Waals surface area contributed by atoms with E-state index >= 15 is 0 Å². The minimum absolute atomic E-state index is 0.00907. The predicted molar refractivity (Wildman–Crippen MR) is 40.5 cm³/mol. The van der Waals surface area contributed by atoms with E-state index in [1.54, 1.807) is 0 Å². The zero-order valence-corrected chi connectivity index (χ0v) is 7.34. The summed E-state index contributed by atoms with van der Waals surface area (Å²) in [6.07, 6.45) is -0.0975. The van der Waals surface area contributed by atoms with E-state index in [0.717, 1.165) is 0 Å². The molecule has 0 spiro atoms. The molecule has 1 aliphatic rings. The number of hydrogen-bond acceptors (Lipinski definition) is 3. The highest BCUT2D eigenvalue weighted by Crippen LogP contribution is 2.15. The normalized spacial score (nSPS) is 41.9. The molecular weight excluding hydrogens is 168 g/mol. The summed E-state index contributed by atoms with van der Waals surface area (Å²) in [5.41, 5.74) is -0.679. The van der Waals surface area contributed by atoms with Crippen LogP contribution >= 0.6 is 0 Å². The van der Waals surface area contributed by atoms with E-state index in [4.69, 9.17) is 14.0 Å². The summed E-state index contributed by atoms with van der Waals surface area (Å²) in [7, 11) is 0. The van der Waals surface area contributed by atoms with Crippen LogP contribution in [0.3, 0.4) is 0 Å². The van der Waals surface area contributed by atoms with Crippen LogP contribution in [0.5, 0.6) is 0 Å². The van der Waals surface area contributed by atoms with Gasteiger partial charge in [0.25, 0.3) is 0 Å². The van der Waals surface area contributed by atoms with Crippen molar-refractivity contribution in [3.05, 3.63) is 0 Å². The quantitative estimate of drug-likeness (QED) is 0.592. The van der Waals surface area contributed by atoms with Gasteiger partial charge in [0.05, 0.1) is 18.8 Å². The second-order valence-electron chi connectivity index (χ2n) is 2.59. The van der Waals surface area contributed by atoms with Gasteiger partial charge < -0.3 is 14.0 Å². The van der Waals surface area contributed by atoms with E-state index in [1.807, 2.05) is 13.8 Å². The summed E-state index contributed by atoms with van der Waals surface area (Å²) in [4.78, 5) is 0. The Morgan fingerprint density at radius 1 is 1.45 bits per heavy atom. The van der Waals surface area contributed by atoms with E-state index in [9.17, 15) is 4.21 Å². The van der Waals surface area contributed by atoms with Crippen molar-refractivity contribution in [2.45, 2.75) is 31.5 Å². The number of ether oxygens (including phenoxy) is 2. The highest BCUT2D eigenvalue weighted by Gasteiger charge is 2.28. The van der Waals surface area contributed by atoms with Gasteiger partial charge in [-0.2, -0.15) is 0 Å². The zero-order chi connectivity index (χ0) is 8.43. The lowest BCUT2D eigenvalue weighted by molar-refractivity contribution is -0.140. The maximum Gasteiger partial charge on any atom is 0.185 e. The van der Waals surface area contributed by atoms with Crippen molar-refractivity contribution in [2.75, 3.05) is 6.61 Å². The van der Waals surface area contributed by atoms with Gasteiger partial charge in [0, 0.05) is 0 Å². The second kappa shape index (κ2) is 3.62. The maximum atomic E-state index is 10.5.